The predicted octanol–water partition coefficient (Wildman–Crippen LogP) is 1.70. The van der Waals surface area contributed by atoms with Gasteiger partial charge in [0.1, 0.15) is 5.88 Å². The van der Waals surface area contributed by atoms with Crippen molar-refractivity contribution in [1.82, 2.24) is 0 Å². The summed E-state index contributed by atoms with van der Waals surface area (Å²) in [6.07, 6.45) is 0. The van der Waals surface area contributed by atoms with Crippen LogP contribution in [0.2, 0.25) is 0 Å². The molecule has 1 aliphatic rings. The van der Waals surface area contributed by atoms with Crippen LogP contribution in [0.4, 0.5) is 11.4 Å². The lowest BCUT2D eigenvalue weighted by Gasteiger charge is -2.28. The van der Waals surface area contributed by atoms with E-state index in [1.807, 2.05) is 24.3 Å². The third-order valence-corrected chi connectivity index (χ3v) is 2.89. The molecule has 0 aliphatic carbocycles. The largest absolute Gasteiger partial charge is 0.378 e. The highest BCUT2D eigenvalue weighted by Crippen LogP contribution is 2.18. The summed E-state index contributed by atoms with van der Waals surface area (Å²) in [4.78, 5) is 13.4. The number of hydrogen-bond donors (Lipinski definition) is 1. The molecule has 17 heavy (non-hydrogen) atoms. The lowest BCUT2D eigenvalue weighted by Crippen LogP contribution is -2.36. The Morgan fingerprint density at radius 3 is 2.53 bits per heavy atom. The lowest BCUT2D eigenvalue weighted by atomic mass is 10.2. The third-order valence-electron chi connectivity index (χ3n) is 2.65. The smallest absolute Gasteiger partial charge is 0.239 e. The average Bonchev–Trinajstić information content (AvgIpc) is 2.40. The number of rotatable bonds is 3. The van der Waals surface area contributed by atoms with E-state index >= 15 is 0 Å². The summed E-state index contributed by atoms with van der Waals surface area (Å²) in [5.41, 5.74) is 1.92. The zero-order valence-corrected chi connectivity index (χ0v) is 10.2. The van der Waals surface area contributed by atoms with E-state index in [0.29, 0.717) is 0 Å². The maximum atomic E-state index is 11.1. The minimum absolute atomic E-state index is 0.0226. The lowest BCUT2D eigenvalue weighted by molar-refractivity contribution is -0.113. The summed E-state index contributed by atoms with van der Waals surface area (Å²) in [6, 6.07) is 7.76. The van der Waals surface area contributed by atoms with Gasteiger partial charge in [-0.15, -0.1) is 11.6 Å². The molecule has 1 aromatic carbocycles. The van der Waals surface area contributed by atoms with Gasteiger partial charge in [0.2, 0.25) is 5.91 Å². The molecular weight excluding hydrogens is 240 g/mol. The monoisotopic (exact) mass is 254 g/mol. The van der Waals surface area contributed by atoms with Gasteiger partial charge in [0.25, 0.3) is 0 Å². The van der Waals surface area contributed by atoms with Crippen molar-refractivity contribution in [2.75, 3.05) is 42.4 Å². The predicted molar refractivity (Wildman–Crippen MR) is 68.8 cm³/mol. The first-order valence-corrected chi connectivity index (χ1v) is 6.11. The van der Waals surface area contributed by atoms with Crippen molar-refractivity contribution >= 4 is 28.9 Å². The molecule has 1 heterocycles. The number of ether oxygens (including phenoxy) is 1. The minimum Gasteiger partial charge on any atom is -0.378 e. The van der Waals surface area contributed by atoms with Crippen LogP contribution in [0.5, 0.6) is 0 Å². The highest BCUT2D eigenvalue weighted by atomic mass is 35.5. The summed E-state index contributed by atoms with van der Waals surface area (Å²) < 4.78 is 5.30. The highest BCUT2D eigenvalue weighted by molar-refractivity contribution is 6.29. The van der Waals surface area contributed by atoms with E-state index in [1.54, 1.807) is 0 Å². The van der Waals surface area contributed by atoms with Crippen LogP contribution in [0.15, 0.2) is 24.3 Å². The molecule has 0 spiro atoms. The maximum absolute atomic E-state index is 11.1. The Kier molecular flexibility index (Phi) is 4.23. The molecule has 0 aromatic heterocycles. The third kappa shape index (κ3) is 3.35. The number of benzene rings is 1. The molecule has 1 fully saturated rings. The Hall–Kier alpha value is -1.26. The second kappa shape index (κ2) is 5.89. The SMILES string of the molecule is O=C(CCl)Nc1ccc(N2CCOCC2)cc1. The summed E-state index contributed by atoms with van der Waals surface area (Å²) in [6.45, 7) is 3.36. The second-order valence-electron chi connectivity index (χ2n) is 3.83. The zero-order chi connectivity index (χ0) is 12.1. The van der Waals surface area contributed by atoms with E-state index in [-0.39, 0.29) is 11.8 Å². The van der Waals surface area contributed by atoms with Gasteiger partial charge in [-0.2, -0.15) is 0 Å². The van der Waals surface area contributed by atoms with Crippen LogP contribution in [-0.2, 0) is 9.53 Å². The van der Waals surface area contributed by atoms with Gasteiger partial charge in [-0.05, 0) is 24.3 Å². The number of morpholine rings is 1. The number of carbonyl (C=O) groups excluding carboxylic acids is 1. The number of anilines is 2. The Labute approximate surface area is 106 Å². The number of hydrogen-bond acceptors (Lipinski definition) is 3. The van der Waals surface area contributed by atoms with Gasteiger partial charge in [0.05, 0.1) is 13.2 Å². The standard InChI is InChI=1S/C12H15ClN2O2/c13-9-12(16)14-10-1-3-11(4-2-10)15-5-7-17-8-6-15/h1-4H,5-9H2,(H,14,16). The van der Waals surface area contributed by atoms with Crippen LogP contribution in [-0.4, -0.2) is 38.1 Å². The van der Waals surface area contributed by atoms with Crippen LogP contribution >= 0.6 is 11.6 Å². The summed E-state index contributed by atoms with van der Waals surface area (Å²) >= 11 is 5.42. The second-order valence-corrected chi connectivity index (χ2v) is 4.10. The minimum atomic E-state index is -0.189. The van der Waals surface area contributed by atoms with Gasteiger partial charge in [0, 0.05) is 24.5 Å². The van der Waals surface area contributed by atoms with Crippen molar-refractivity contribution < 1.29 is 9.53 Å². The number of nitrogens with zero attached hydrogens (tertiary/aromatic N) is 1. The molecule has 92 valence electrons. The van der Waals surface area contributed by atoms with Crippen molar-refractivity contribution in [2.45, 2.75) is 0 Å². The topological polar surface area (TPSA) is 41.6 Å². The molecule has 1 aromatic rings. The first-order valence-electron chi connectivity index (χ1n) is 5.58. The highest BCUT2D eigenvalue weighted by Gasteiger charge is 2.10. The average molecular weight is 255 g/mol. The summed E-state index contributed by atoms with van der Waals surface area (Å²) in [7, 11) is 0. The zero-order valence-electron chi connectivity index (χ0n) is 9.49. The first-order chi connectivity index (χ1) is 8.29. The number of nitrogens with one attached hydrogen (secondary N) is 1. The maximum Gasteiger partial charge on any atom is 0.239 e. The fraction of sp³-hybridized carbons (Fsp3) is 0.417. The molecule has 0 radical (unpaired) electrons. The van der Waals surface area contributed by atoms with Gasteiger partial charge in [-0.3, -0.25) is 4.79 Å². The van der Waals surface area contributed by atoms with Crippen LogP contribution in [0.1, 0.15) is 0 Å². The van der Waals surface area contributed by atoms with Crippen LogP contribution in [0.25, 0.3) is 0 Å². The van der Waals surface area contributed by atoms with E-state index < -0.39 is 0 Å². The molecule has 0 unspecified atom stereocenters. The van der Waals surface area contributed by atoms with Crippen LogP contribution in [0.3, 0.4) is 0 Å². The molecule has 0 saturated carbocycles. The van der Waals surface area contributed by atoms with Crippen molar-refractivity contribution in [2.24, 2.45) is 0 Å². The number of halogens is 1. The molecule has 1 aliphatic heterocycles. The number of alkyl halides is 1. The first kappa shape index (κ1) is 12.2. The van der Waals surface area contributed by atoms with Gasteiger partial charge in [-0.25, -0.2) is 0 Å². The molecule has 0 atom stereocenters. The van der Waals surface area contributed by atoms with Crippen LogP contribution in [0, 0.1) is 0 Å². The van der Waals surface area contributed by atoms with Gasteiger partial charge < -0.3 is 15.0 Å². The Morgan fingerprint density at radius 1 is 1.29 bits per heavy atom. The Bertz CT molecular complexity index is 375. The number of carbonyl (C=O) groups is 1. The molecule has 0 bridgehead atoms. The van der Waals surface area contributed by atoms with Gasteiger partial charge >= 0.3 is 0 Å². The van der Waals surface area contributed by atoms with E-state index in [1.165, 1.54) is 0 Å². The molecule has 1 amide bonds. The van der Waals surface area contributed by atoms with Gasteiger partial charge in [-0.1, -0.05) is 0 Å². The molecule has 2 rings (SSSR count). The molecule has 1 saturated heterocycles. The molecule has 1 N–H and O–H groups in total. The van der Waals surface area contributed by atoms with Crippen LogP contribution < -0.4 is 10.2 Å². The molecule has 4 nitrogen and oxygen atoms in total. The Morgan fingerprint density at radius 2 is 1.94 bits per heavy atom. The molecular formula is C12H15ClN2O2. The van der Waals surface area contributed by atoms with E-state index in [4.69, 9.17) is 16.3 Å². The van der Waals surface area contributed by atoms with E-state index in [0.717, 1.165) is 37.7 Å². The van der Waals surface area contributed by atoms with E-state index in [2.05, 4.69) is 10.2 Å². The fourth-order valence-electron chi connectivity index (χ4n) is 1.77. The number of amides is 1. The normalized spacial score (nSPS) is 15.7. The fourth-order valence-corrected chi connectivity index (χ4v) is 1.84. The van der Waals surface area contributed by atoms with Crippen molar-refractivity contribution in [1.29, 1.82) is 0 Å². The van der Waals surface area contributed by atoms with Crippen molar-refractivity contribution in [3.63, 3.8) is 0 Å². The van der Waals surface area contributed by atoms with E-state index in [9.17, 15) is 4.79 Å². The summed E-state index contributed by atoms with van der Waals surface area (Å²) in [5.74, 6) is -0.212. The van der Waals surface area contributed by atoms with Gasteiger partial charge in [0.15, 0.2) is 0 Å². The summed E-state index contributed by atoms with van der Waals surface area (Å²) in [5, 5.41) is 2.71. The quantitative estimate of drug-likeness (QED) is 0.835. The Balaban J connectivity index is 1.99. The van der Waals surface area contributed by atoms with Crippen molar-refractivity contribution in [3.05, 3.63) is 24.3 Å². The molecule has 5 heteroatoms. The van der Waals surface area contributed by atoms with Crippen molar-refractivity contribution in [3.8, 4) is 0 Å².